The van der Waals surface area contributed by atoms with Gasteiger partial charge in [-0.1, -0.05) is 50.2 Å². The van der Waals surface area contributed by atoms with Gasteiger partial charge in [0.25, 0.3) is 5.91 Å². The van der Waals surface area contributed by atoms with E-state index in [1.54, 1.807) is 0 Å². The molecule has 136 valence electrons. The maximum atomic E-state index is 12.3. The zero-order chi connectivity index (χ0) is 18.7. The molecule has 4 nitrogen and oxygen atoms in total. The molecule has 0 radical (unpaired) electrons. The average Bonchev–Trinajstić information content (AvgIpc) is 2.93. The smallest absolute Gasteiger partial charge is 0.253 e. The van der Waals surface area contributed by atoms with E-state index in [2.05, 4.69) is 65.3 Å². The van der Waals surface area contributed by atoms with Gasteiger partial charge in [-0.25, -0.2) is 0 Å². The maximum absolute atomic E-state index is 12.3. The molecular weight excluding hydrogens is 322 g/mol. The number of amides is 1. The highest BCUT2D eigenvalue weighted by Gasteiger charge is 2.20. The van der Waals surface area contributed by atoms with Gasteiger partial charge >= 0.3 is 0 Å². The Kier molecular flexibility index (Phi) is 5.43. The first kappa shape index (κ1) is 18.2. The number of aromatic nitrogens is 1. The molecule has 1 amide bonds. The fourth-order valence-electron chi connectivity index (χ4n) is 3.50. The van der Waals surface area contributed by atoms with Crippen LogP contribution >= 0.6 is 0 Å². The average molecular weight is 349 g/mol. The third-order valence-corrected chi connectivity index (χ3v) is 4.53. The second-order valence-electron chi connectivity index (χ2n) is 6.62. The standard InChI is InChI=1S/C20H21N3O.C2H6/c1-22(2)13-14-6-8-15(9-7-14)18-12-16-4-3-5-17-19(16)23(18)11-10-21-20(17)24;1-2/h3-9,12H,10-11,13H2,1-2H3,(H,21,24);1-2H3. The lowest BCUT2D eigenvalue weighted by Gasteiger charge is -2.12. The van der Waals surface area contributed by atoms with Gasteiger partial charge in [0.1, 0.15) is 0 Å². The lowest BCUT2D eigenvalue weighted by atomic mass is 10.1. The number of benzene rings is 2. The molecule has 4 heteroatoms. The number of hydrogen-bond donors (Lipinski definition) is 1. The van der Waals surface area contributed by atoms with Crippen LogP contribution in [0.1, 0.15) is 29.8 Å². The van der Waals surface area contributed by atoms with Crippen LogP contribution in [-0.2, 0) is 13.1 Å². The van der Waals surface area contributed by atoms with Crippen LogP contribution in [0.4, 0.5) is 0 Å². The highest BCUT2D eigenvalue weighted by molar-refractivity contribution is 6.07. The minimum Gasteiger partial charge on any atom is -0.350 e. The van der Waals surface area contributed by atoms with Gasteiger partial charge in [-0.2, -0.15) is 0 Å². The topological polar surface area (TPSA) is 37.3 Å². The fraction of sp³-hybridized carbons (Fsp3) is 0.318. The van der Waals surface area contributed by atoms with E-state index >= 15 is 0 Å². The summed E-state index contributed by atoms with van der Waals surface area (Å²) in [6.45, 7) is 6.38. The van der Waals surface area contributed by atoms with Gasteiger partial charge < -0.3 is 14.8 Å². The minimum absolute atomic E-state index is 0.0188. The van der Waals surface area contributed by atoms with Gasteiger partial charge in [0.05, 0.1) is 11.1 Å². The molecule has 2 heterocycles. The van der Waals surface area contributed by atoms with Crippen LogP contribution in [0.25, 0.3) is 22.2 Å². The van der Waals surface area contributed by atoms with Crippen molar-refractivity contribution in [2.45, 2.75) is 26.9 Å². The molecule has 0 saturated heterocycles. The monoisotopic (exact) mass is 349 g/mol. The van der Waals surface area contributed by atoms with Crippen LogP contribution in [0.3, 0.4) is 0 Å². The van der Waals surface area contributed by atoms with E-state index in [1.807, 2.05) is 26.0 Å². The third kappa shape index (κ3) is 3.37. The van der Waals surface area contributed by atoms with Crippen LogP contribution in [0.15, 0.2) is 48.5 Å². The van der Waals surface area contributed by atoms with E-state index in [9.17, 15) is 4.79 Å². The van der Waals surface area contributed by atoms with E-state index in [0.717, 1.165) is 29.6 Å². The Bertz CT molecular complexity index is 907. The molecule has 1 aromatic heterocycles. The first-order valence-electron chi connectivity index (χ1n) is 9.28. The molecule has 4 rings (SSSR count). The van der Waals surface area contributed by atoms with Gasteiger partial charge in [0.15, 0.2) is 0 Å². The second kappa shape index (κ2) is 7.75. The summed E-state index contributed by atoms with van der Waals surface area (Å²) in [5.74, 6) is 0.0188. The van der Waals surface area contributed by atoms with Crippen molar-refractivity contribution in [2.75, 3.05) is 20.6 Å². The Morgan fingerprint density at radius 1 is 1.08 bits per heavy atom. The molecule has 1 aliphatic rings. The highest BCUT2D eigenvalue weighted by Crippen LogP contribution is 2.31. The summed E-state index contributed by atoms with van der Waals surface area (Å²) in [4.78, 5) is 14.4. The van der Waals surface area contributed by atoms with Gasteiger partial charge in [-0.15, -0.1) is 0 Å². The predicted molar refractivity (Wildman–Crippen MR) is 108 cm³/mol. The van der Waals surface area contributed by atoms with Gasteiger partial charge in [-0.3, -0.25) is 4.79 Å². The summed E-state index contributed by atoms with van der Waals surface area (Å²) in [6, 6.07) is 16.9. The maximum Gasteiger partial charge on any atom is 0.253 e. The van der Waals surface area contributed by atoms with Crippen molar-refractivity contribution >= 4 is 16.8 Å². The molecule has 0 spiro atoms. The van der Waals surface area contributed by atoms with E-state index in [0.29, 0.717) is 6.54 Å². The Labute approximate surface area is 155 Å². The lowest BCUT2D eigenvalue weighted by molar-refractivity contribution is 0.0956. The Morgan fingerprint density at radius 3 is 2.50 bits per heavy atom. The molecule has 0 unspecified atom stereocenters. The van der Waals surface area contributed by atoms with Gasteiger partial charge in [0.2, 0.25) is 0 Å². The Morgan fingerprint density at radius 2 is 1.81 bits per heavy atom. The molecule has 2 aromatic carbocycles. The largest absolute Gasteiger partial charge is 0.350 e. The molecule has 0 atom stereocenters. The van der Waals surface area contributed by atoms with Crippen LogP contribution in [0.2, 0.25) is 0 Å². The molecule has 0 bridgehead atoms. The molecule has 0 saturated carbocycles. The van der Waals surface area contributed by atoms with Crippen molar-refractivity contribution < 1.29 is 4.79 Å². The lowest BCUT2D eigenvalue weighted by Crippen LogP contribution is -2.24. The van der Waals surface area contributed by atoms with Crippen molar-refractivity contribution in [3.8, 4) is 11.3 Å². The molecule has 26 heavy (non-hydrogen) atoms. The van der Waals surface area contributed by atoms with Crippen LogP contribution in [0.5, 0.6) is 0 Å². The van der Waals surface area contributed by atoms with Crippen LogP contribution < -0.4 is 5.32 Å². The fourth-order valence-corrected chi connectivity index (χ4v) is 3.50. The summed E-state index contributed by atoms with van der Waals surface area (Å²) >= 11 is 0. The summed E-state index contributed by atoms with van der Waals surface area (Å²) in [5, 5.41) is 4.10. The number of carbonyl (C=O) groups excluding carboxylic acids is 1. The Hall–Kier alpha value is -2.59. The highest BCUT2D eigenvalue weighted by atomic mass is 16.1. The number of carbonyl (C=O) groups is 1. The molecule has 1 N–H and O–H groups in total. The summed E-state index contributed by atoms with van der Waals surface area (Å²) in [7, 11) is 4.15. The normalized spacial score (nSPS) is 13.2. The molecule has 0 fully saturated rings. The van der Waals surface area contributed by atoms with Crippen LogP contribution in [0, 0.1) is 0 Å². The van der Waals surface area contributed by atoms with E-state index in [1.165, 1.54) is 16.8 Å². The summed E-state index contributed by atoms with van der Waals surface area (Å²) < 4.78 is 2.27. The second-order valence-corrected chi connectivity index (χ2v) is 6.62. The summed E-state index contributed by atoms with van der Waals surface area (Å²) in [6.07, 6.45) is 0. The molecule has 0 aliphatic carbocycles. The number of nitrogens with zero attached hydrogens (tertiary/aromatic N) is 2. The number of hydrogen-bond acceptors (Lipinski definition) is 2. The van der Waals surface area contributed by atoms with Crippen molar-refractivity contribution in [1.82, 2.24) is 14.8 Å². The third-order valence-electron chi connectivity index (χ3n) is 4.53. The zero-order valence-corrected chi connectivity index (χ0v) is 16.0. The van der Waals surface area contributed by atoms with Crippen molar-refractivity contribution in [3.05, 3.63) is 59.7 Å². The number of nitrogens with one attached hydrogen (secondary N) is 1. The molecular formula is C22H27N3O. The van der Waals surface area contributed by atoms with E-state index < -0.39 is 0 Å². The van der Waals surface area contributed by atoms with Crippen molar-refractivity contribution in [2.24, 2.45) is 0 Å². The van der Waals surface area contributed by atoms with Gasteiger partial charge in [-0.05, 0) is 37.4 Å². The van der Waals surface area contributed by atoms with Crippen molar-refractivity contribution in [3.63, 3.8) is 0 Å². The Balaban J connectivity index is 0.000000948. The van der Waals surface area contributed by atoms with Crippen LogP contribution in [-0.4, -0.2) is 36.0 Å². The SMILES string of the molecule is CC.CN(C)Cc1ccc(-c2cc3cccc4c3n2CCNC4=O)cc1. The van der Waals surface area contributed by atoms with E-state index in [4.69, 9.17) is 0 Å². The predicted octanol–water partition coefficient (Wildman–Crippen LogP) is 4.14. The summed E-state index contributed by atoms with van der Waals surface area (Å²) in [5.41, 5.74) is 5.47. The van der Waals surface area contributed by atoms with Crippen molar-refractivity contribution in [1.29, 1.82) is 0 Å². The zero-order valence-electron chi connectivity index (χ0n) is 16.0. The number of para-hydroxylation sites is 1. The van der Waals surface area contributed by atoms with E-state index in [-0.39, 0.29) is 5.91 Å². The minimum atomic E-state index is 0.0188. The first-order chi connectivity index (χ1) is 12.6. The number of rotatable bonds is 3. The first-order valence-corrected chi connectivity index (χ1v) is 9.28. The quantitative estimate of drug-likeness (QED) is 0.772. The molecule has 1 aliphatic heterocycles. The van der Waals surface area contributed by atoms with Gasteiger partial charge in [0, 0.05) is 30.7 Å². The molecule has 3 aromatic rings.